The van der Waals surface area contributed by atoms with Gasteiger partial charge in [-0.25, -0.2) is 9.69 Å². The van der Waals surface area contributed by atoms with E-state index in [1.807, 2.05) is 73.9 Å². The number of imide groups is 1. The van der Waals surface area contributed by atoms with Gasteiger partial charge in [-0.05, 0) is 86.4 Å². The summed E-state index contributed by atoms with van der Waals surface area (Å²) in [6.07, 6.45) is 11.9. The molecule has 5 atom stereocenters. The van der Waals surface area contributed by atoms with Gasteiger partial charge >= 0.3 is 6.09 Å². The van der Waals surface area contributed by atoms with Gasteiger partial charge in [0, 0.05) is 43.7 Å². The standard InChI is InChI=1S/C56H65IN8O12/c1-8-11-37-20-39-27-59-42-23-45(33(5)19-40(42)53(70)63(39)29-37)75-17-10-18-76-47-24-43-41(22-46(47)74-7)54(71)64-30-38(12-9-2)21-44(64)55(72)65(43)56(73)77-31-36-15-13-35(14-16-36)26-58-34(6)51(68)62-50(32(3)4)52(69)61-49(67)28-60-48(66)25-57/h8-9,11-16,19,22-24,27,29-30,32,34,39,44,50,55,58,72H,10,17-18,20-21,25-26,28,31H2,1-7H3,(H,60,66)(H,62,68)(H,61,67,69)/b11-8+,12-9+/t34-,39-,44-,50-,55-/m0/s1. The zero-order valence-corrected chi connectivity index (χ0v) is 46.3. The lowest BCUT2D eigenvalue weighted by Gasteiger charge is -2.31. The Balaban J connectivity index is 0.982. The minimum Gasteiger partial charge on any atom is -0.493 e. The molecule has 3 aromatic rings. The third-order valence-corrected chi connectivity index (χ3v) is 13.9. The number of allylic oxidation sites excluding steroid dienone is 4. The highest BCUT2D eigenvalue weighted by atomic mass is 127. The second-order valence-corrected chi connectivity index (χ2v) is 19.9. The van der Waals surface area contributed by atoms with E-state index in [-0.39, 0.29) is 90.3 Å². The highest BCUT2D eigenvalue weighted by Crippen LogP contribution is 2.42. The van der Waals surface area contributed by atoms with Crippen molar-refractivity contribution in [2.75, 3.05) is 36.2 Å². The molecule has 0 fully saturated rings. The fourth-order valence-electron chi connectivity index (χ4n) is 9.10. The van der Waals surface area contributed by atoms with Gasteiger partial charge in [-0.1, -0.05) is 85.0 Å². The molecule has 77 heavy (non-hydrogen) atoms. The van der Waals surface area contributed by atoms with E-state index in [1.54, 1.807) is 74.5 Å². The van der Waals surface area contributed by atoms with Crippen LogP contribution in [0.3, 0.4) is 0 Å². The number of carbonyl (C=O) groups is 7. The van der Waals surface area contributed by atoms with Crippen LogP contribution >= 0.6 is 22.6 Å². The number of amides is 7. The number of aryl methyl sites for hydroxylation is 1. The lowest BCUT2D eigenvalue weighted by molar-refractivity contribution is -0.135. The van der Waals surface area contributed by atoms with Crippen molar-refractivity contribution in [3.05, 3.63) is 124 Å². The first-order valence-corrected chi connectivity index (χ1v) is 26.9. The number of rotatable bonds is 21. The largest absolute Gasteiger partial charge is 0.493 e. The predicted molar refractivity (Wildman–Crippen MR) is 296 cm³/mol. The van der Waals surface area contributed by atoms with Crippen LogP contribution in [-0.2, 0) is 37.1 Å². The number of nitrogens with zero attached hydrogens (tertiary/aromatic N) is 4. The third kappa shape index (κ3) is 13.8. The van der Waals surface area contributed by atoms with Crippen LogP contribution in [0.15, 0.2) is 101 Å². The molecule has 0 aromatic heterocycles. The Labute approximate surface area is 461 Å². The Bertz CT molecular complexity index is 2920. The van der Waals surface area contributed by atoms with Gasteiger partial charge in [0.2, 0.25) is 23.6 Å². The number of hydrogen-bond donors (Lipinski definition) is 5. The Morgan fingerprint density at radius 3 is 2.17 bits per heavy atom. The van der Waals surface area contributed by atoms with Gasteiger partial charge in [0.15, 0.2) is 17.7 Å². The Morgan fingerprint density at radius 1 is 0.831 bits per heavy atom. The van der Waals surface area contributed by atoms with Gasteiger partial charge in [0.05, 0.1) is 71.9 Å². The Morgan fingerprint density at radius 2 is 1.49 bits per heavy atom. The van der Waals surface area contributed by atoms with Crippen molar-refractivity contribution in [1.29, 1.82) is 0 Å². The number of nitrogens with one attached hydrogen (secondary N) is 4. The first kappa shape index (κ1) is 57.3. The summed E-state index contributed by atoms with van der Waals surface area (Å²) in [5.41, 5.74) is 5.18. The van der Waals surface area contributed by atoms with Crippen LogP contribution in [0, 0.1) is 12.8 Å². The molecule has 4 heterocycles. The lowest BCUT2D eigenvalue weighted by atomic mass is 10.0. The number of alkyl halides is 1. The van der Waals surface area contributed by atoms with Crippen LogP contribution in [0.2, 0.25) is 0 Å². The highest BCUT2D eigenvalue weighted by Gasteiger charge is 2.45. The number of fused-ring (bicyclic) bond motifs is 4. The van der Waals surface area contributed by atoms with E-state index in [4.69, 9.17) is 18.9 Å². The molecule has 0 unspecified atom stereocenters. The molecule has 3 aromatic carbocycles. The molecule has 0 saturated carbocycles. The van der Waals surface area contributed by atoms with E-state index in [9.17, 15) is 38.7 Å². The zero-order valence-electron chi connectivity index (χ0n) is 44.1. The quantitative estimate of drug-likeness (QED) is 0.0453. The molecular formula is C56H65IN8O12. The fraction of sp³-hybridized carbons (Fsp3) is 0.393. The van der Waals surface area contributed by atoms with Crippen molar-refractivity contribution in [2.45, 2.75) is 104 Å². The molecule has 0 radical (unpaired) electrons. The van der Waals surface area contributed by atoms with Gasteiger partial charge in [-0.15, -0.1) is 0 Å². The molecule has 0 aliphatic carbocycles. The van der Waals surface area contributed by atoms with Crippen molar-refractivity contribution in [3.63, 3.8) is 0 Å². The van der Waals surface area contributed by atoms with Crippen LogP contribution in [0.1, 0.15) is 91.3 Å². The maximum Gasteiger partial charge on any atom is 0.416 e. The number of ether oxygens (including phenoxy) is 4. The predicted octanol–water partition coefficient (Wildman–Crippen LogP) is 6.20. The molecule has 408 valence electrons. The summed E-state index contributed by atoms with van der Waals surface area (Å²) < 4.78 is 24.1. The first-order chi connectivity index (χ1) is 36.9. The van der Waals surface area contributed by atoms with E-state index >= 15 is 0 Å². The fourth-order valence-corrected chi connectivity index (χ4v) is 9.37. The van der Waals surface area contributed by atoms with Crippen LogP contribution < -0.4 is 40.4 Å². The highest BCUT2D eigenvalue weighted by molar-refractivity contribution is 14.1. The minimum absolute atomic E-state index is 0.0604. The van der Waals surface area contributed by atoms with Crippen LogP contribution in [0.4, 0.5) is 16.2 Å². The molecule has 5 N–H and O–H groups in total. The van der Waals surface area contributed by atoms with Crippen LogP contribution in [0.5, 0.6) is 17.2 Å². The first-order valence-electron chi connectivity index (χ1n) is 25.4. The third-order valence-electron chi connectivity index (χ3n) is 13.2. The number of hydrogen-bond acceptors (Lipinski definition) is 14. The molecule has 0 saturated heterocycles. The molecule has 0 bridgehead atoms. The average Bonchev–Trinajstić information content (AvgIpc) is 4.09. The monoisotopic (exact) mass is 1170 g/mol. The number of benzene rings is 3. The van der Waals surface area contributed by atoms with Crippen molar-refractivity contribution in [2.24, 2.45) is 10.9 Å². The number of carbonyl (C=O) groups excluding carboxylic acids is 7. The van der Waals surface area contributed by atoms with E-state index in [1.165, 1.54) is 24.1 Å². The molecular weight excluding hydrogens is 1100 g/mol. The lowest BCUT2D eigenvalue weighted by Crippen LogP contribution is -2.55. The van der Waals surface area contributed by atoms with E-state index < -0.39 is 54.1 Å². The Kier molecular flexibility index (Phi) is 19.4. The number of aliphatic hydroxyl groups is 1. The zero-order chi connectivity index (χ0) is 55.5. The smallest absolute Gasteiger partial charge is 0.416 e. The number of methoxy groups -OCH3 is 1. The molecule has 0 spiro atoms. The summed E-state index contributed by atoms with van der Waals surface area (Å²) in [5.74, 6) is -2.13. The Hall–Kier alpha value is -7.37. The van der Waals surface area contributed by atoms with Crippen molar-refractivity contribution in [1.82, 2.24) is 31.1 Å². The minimum atomic E-state index is -1.53. The summed E-state index contributed by atoms with van der Waals surface area (Å²) in [6.45, 7) is 10.8. The van der Waals surface area contributed by atoms with Gasteiger partial charge in [0.25, 0.3) is 11.8 Å². The average molecular weight is 1170 g/mol. The summed E-state index contributed by atoms with van der Waals surface area (Å²) in [7, 11) is 1.44. The molecule has 7 rings (SSSR count). The van der Waals surface area contributed by atoms with Crippen LogP contribution in [0.25, 0.3) is 0 Å². The number of anilines is 1. The summed E-state index contributed by atoms with van der Waals surface area (Å²) in [4.78, 5) is 101. The SMILES string of the molecule is C/C=C/C1=CN2C(=O)c3cc(C)c(OCCCOc4cc5c(cc4OC)C(=O)N4C=C(/C=C/C)C[C@H]4[C@H](O)N5C(=O)OCc4ccc(CN[C@@H](C)C(=O)N[C@H](C(=O)NC(=O)CNC(=O)CI)C(C)C)cc4)cc3N=C[C@@H]2C1. The molecule has 4 aliphatic heterocycles. The van der Waals surface area contributed by atoms with Gasteiger partial charge in [0.1, 0.15) is 18.4 Å². The van der Waals surface area contributed by atoms with Crippen molar-refractivity contribution in [3.8, 4) is 17.2 Å². The summed E-state index contributed by atoms with van der Waals surface area (Å²) in [5, 5.41) is 22.5. The van der Waals surface area contributed by atoms with Crippen molar-refractivity contribution >= 4 is 81.7 Å². The molecule has 21 heteroatoms. The summed E-state index contributed by atoms with van der Waals surface area (Å²) in [6, 6.07) is 10.9. The van der Waals surface area contributed by atoms with Crippen LogP contribution in [-0.4, -0.2) is 124 Å². The molecule has 4 aliphatic rings. The van der Waals surface area contributed by atoms with Gasteiger partial charge < -0.3 is 49.8 Å². The molecule has 7 amide bonds. The van der Waals surface area contributed by atoms with E-state index in [2.05, 4.69) is 26.3 Å². The van der Waals surface area contributed by atoms with Gasteiger partial charge in [-0.2, -0.15) is 0 Å². The second-order valence-electron chi connectivity index (χ2n) is 19.2. The van der Waals surface area contributed by atoms with Crippen molar-refractivity contribution < 1.29 is 57.6 Å². The maximum absolute atomic E-state index is 14.3. The van der Waals surface area contributed by atoms with E-state index in [0.717, 1.165) is 27.2 Å². The number of halogens is 1. The molecule has 20 nitrogen and oxygen atoms in total. The topological polar surface area (TPSA) is 247 Å². The summed E-state index contributed by atoms with van der Waals surface area (Å²) >= 11 is 1.85. The number of aliphatic hydroxyl groups excluding tert-OH is 1. The normalized spacial score (nSPS) is 18.4. The second kappa shape index (κ2) is 26.1. The van der Waals surface area contributed by atoms with Gasteiger partial charge in [-0.3, -0.25) is 39.1 Å². The number of aliphatic imine (C=N–C) groups is 1. The maximum atomic E-state index is 14.3. The van der Waals surface area contributed by atoms with E-state index in [0.29, 0.717) is 35.4 Å².